The number of nitrogens with zero attached hydrogens (tertiary/aromatic N) is 1. The average molecular weight is 392 g/mol. The van der Waals surface area contributed by atoms with Gasteiger partial charge in [-0.2, -0.15) is 0 Å². The van der Waals surface area contributed by atoms with Crippen LogP contribution in [0.2, 0.25) is 5.15 Å². The van der Waals surface area contributed by atoms with Gasteiger partial charge < -0.3 is 9.47 Å². The number of carbonyl (C=O) groups is 1. The lowest BCUT2D eigenvalue weighted by Crippen LogP contribution is -2.54. The number of hydrogen-bond donors (Lipinski definition) is 1. The van der Waals surface area contributed by atoms with E-state index < -0.39 is 11.1 Å². The van der Waals surface area contributed by atoms with Crippen LogP contribution in [-0.4, -0.2) is 35.2 Å². The second-order valence-electron chi connectivity index (χ2n) is 6.35. The maximum atomic E-state index is 12.5. The van der Waals surface area contributed by atoms with E-state index >= 15 is 0 Å². The van der Waals surface area contributed by atoms with Crippen LogP contribution in [0.15, 0.2) is 16.7 Å². The maximum absolute atomic E-state index is 12.5. The minimum absolute atomic E-state index is 0.192. The Kier molecular flexibility index (Phi) is 5.35. The van der Waals surface area contributed by atoms with Crippen molar-refractivity contribution in [3.63, 3.8) is 0 Å². The fourth-order valence-corrected chi connectivity index (χ4v) is 2.66. The summed E-state index contributed by atoms with van der Waals surface area (Å²) in [5, 5.41) is 3.60. The molecular formula is C15H20BrClN2O3. The SMILES string of the molecule is CC(C)(C)OC(=O)[C@@]1(COc2cnc(Cl)c(Br)c2)CCCN1. The highest BCUT2D eigenvalue weighted by molar-refractivity contribution is 9.10. The molecule has 0 aliphatic carbocycles. The number of nitrogens with one attached hydrogen (secondary N) is 1. The number of pyridine rings is 1. The second-order valence-corrected chi connectivity index (χ2v) is 7.56. The minimum Gasteiger partial charge on any atom is -0.489 e. The van der Waals surface area contributed by atoms with Gasteiger partial charge in [0.25, 0.3) is 0 Å². The Balaban J connectivity index is 2.08. The summed E-state index contributed by atoms with van der Waals surface area (Å²) >= 11 is 9.16. The molecule has 0 bridgehead atoms. The van der Waals surface area contributed by atoms with Gasteiger partial charge in [0.1, 0.15) is 23.1 Å². The lowest BCUT2D eigenvalue weighted by Gasteiger charge is -2.31. The number of hydrogen-bond acceptors (Lipinski definition) is 5. The lowest BCUT2D eigenvalue weighted by molar-refractivity contribution is -0.164. The molecule has 1 N–H and O–H groups in total. The van der Waals surface area contributed by atoms with Gasteiger partial charge >= 0.3 is 5.97 Å². The van der Waals surface area contributed by atoms with Crippen molar-refractivity contribution in [3.8, 4) is 5.75 Å². The van der Waals surface area contributed by atoms with Crippen LogP contribution in [0.3, 0.4) is 0 Å². The molecule has 0 saturated carbocycles. The second kappa shape index (κ2) is 6.72. The molecule has 1 atom stereocenters. The lowest BCUT2D eigenvalue weighted by atomic mass is 9.98. The normalized spacial score (nSPS) is 21.7. The van der Waals surface area contributed by atoms with Gasteiger partial charge in [-0.15, -0.1) is 0 Å². The van der Waals surface area contributed by atoms with Crippen LogP contribution in [0.1, 0.15) is 33.6 Å². The zero-order valence-corrected chi connectivity index (χ0v) is 15.3. The van der Waals surface area contributed by atoms with E-state index in [1.54, 1.807) is 6.07 Å². The summed E-state index contributed by atoms with van der Waals surface area (Å²) in [6.07, 6.45) is 3.13. The van der Waals surface area contributed by atoms with E-state index in [-0.39, 0.29) is 12.6 Å². The van der Waals surface area contributed by atoms with Gasteiger partial charge in [0.15, 0.2) is 5.54 Å². The molecule has 1 aliphatic rings. The summed E-state index contributed by atoms with van der Waals surface area (Å²) in [5.41, 5.74) is -1.33. The topological polar surface area (TPSA) is 60.5 Å². The van der Waals surface area contributed by atoms with Gasteiger partial charge in [0, 0.05) is 0 Å². The van der Waals surface area contributed by atoms with Crippen molar-refractivity contribution in [1.82, 2.24) is 10.3 Å². The Morgan fingerprint density at radius 1 is 1.55 bits per heavy atom. The molecule has 1 aromatic heterocycles. The summed E-state index contributed by atoms with van der Waals surface area (Å²) in [6, 6.07) is 1.73. The zero-order chi connectivity index (χ0) is 16.4. The van der Waals surface area contributed by atoms with Crippen LogP contribution in [0.5, 0.6) is 5.75 Å². The molecule has 1 fully saturated rings. The molecule has 7 heteroatoms. The van der Waals surface area contributed by atoms with Gasteiger partial charge in [-0.25, -0.2) is 9.78 Å². The van der Waals surface area contributed by atoms with E-state index in [0.29, 0.717) is 21.8 Å². The molecule has 0 spiro atoms. The van der Waals surface area contributed by atoms with Crippen LogP contribution < -0.4 is 10.1 Å². The first-order valence-corrected chi connectivity index (χ1v) is 8.31. The smallest absolute Gasteiger partial charge is 0.330 e. The van der Waals surface area contributed by atoms with Gasteiger partial charge in [-0.1, -0.05) is 11.6 Å². The molecule has 22 heavy (non-hydrogen) atoms. The monoisotopic (exact) mass is 390 g/mol. The first kappa shape index (κ1) is 17.5. The first-order valence-electron chi connectivity index (χ1n) is 7.14. The Hall–Kier alpha value is -0.850. The fraction of sp³-hybridized carbons (Fsp3) is 0.600. The Labute approximate surface area is 143 Å². The third kappa shape index (κ3) is 4.33. The van der Waals surface area contributed by atoms with E-state index in [4.69, 9.17) is 21.1 Å². The van der Waals surface area contributed by atoms with E-state index in [1.165, 1.54) is 6.20 Å². The molecule has 1 aromatic rings. The molecule has 0 unspecified atom stereocenters. The zero-order valence-electron chi connectivity index (χ0n) is 12.9. The highest BCUT2D eigenvalue weighted by atomic mass is 79.9. The summed E-state index contributed by atoms with van der Waals surface area (Å²) in [4.78, 5) is 16.5. The molecule has 0 aromatic carbocycles. The summed E-state index contributed by atoms with van der Waals surface area (Å²) in [5.74, 6) is 0.270. The molecular weight excluding hydrogens is 372 g/mol. The first-order chi connectivity index (χ1) is 10.2. The van der Waals surface area contributed by atoms with Crippen molar-refractivity contribution in [3.05, 3.63) is 21.9 Å². The summed E-state index contributed by atoms with van der Waals surface area (Å²) in [6.45, 7) is 6.53. The Morgan fingerprint density at radius 2 is 2.27 bits per heavy atom. The molecule has 0 amide bonds. The molecule has 2 rings (SSSR count). The highest BCUT2D eigenvalue weighted by Crippen LogP contribution is 2.28. The van der Waals surface area contributed by atoms with Crippen molar-refractivity contribution >= 4 is 33.5 Å². The quantitative estimate of drug-likeness (QED) is 0.630. The Bertz CT molecular complexity index is 554. The third-order valence-electron chi connectivity index (χ3n) is 3.29. The van der Waals surface area contributed by atoms with Gasteiger partial charge in [-0.3, -0.25) is 5.32 Å². The van der Waals surface area contributed by atoms with Crippen molar-refractivity contribution in [2.24, 2.45) is 0 Å². The van der Waals surface area contributed by atoms with Crippen LogP contribution in [-0.2, 0) is 9.53 Å². The van der Waals surface area contributed by atoms with E-state index in [2.05, 4.69) is 26.2 Å². The van der Waals surface area contributed by atoms with Crippen molar-refractivity contribution in [1.29, 1.82) is 0 Å². The molecule has 1 saturated heterocycles. The van der Waals surface area contributed by atoms with Crippen molar-refractivity contribution < 1.29 is 14.3 Å². The predicted molar refractivity (Wildman–Crippen MR) is 88.3 cm³/mol. The molecule has 122 valence electrons. The van der Waals surface area contributed by atoms with Crippen molar-refractivity contribution in [2.45, 2.75) is 44.8 Å². The number of halogens is 2. The third-order valence-corrected chi connectivity index (χ3v) is 4.42. The van der Waals surface area contributed by atoms with E-state index in [1.807, 2.05) is 20.8 Å². The van der Waals surface area contributed by atoms with Crippen LogP contribution in [0.25, 0.3) is 0 Å². The average Bonchev–Trinajstić information content (AvgIpc) is 2.88. The number of rotatable bonds is 4. The number of carbonyl (C=O) groups excluding carboxylic acids is 1. The molecule has 1 aliphatic heterocycles. The van der Waals surface area contributed by atoms with Gasteiger partial charge in [-0.05, 0) is 62.2 Å². The van der Waals surface area contributed by atoms with Crippen LogP contribution >= 0.6 is 27.5 Å². The number of aromatic nitrogens is 1. The van der Waals surface area contributed by atoms with Gasteiger partial charge in [0.05, 0.1) is 10.7 Å². The largest absolute Gasteiger partial charge is 0.489 e. The predicted octanol–water partition coefficient (Wildman–Crippen LogP) is 3.34. The highest BCUT2D eigenvalue weighted by Gasteiger charge is 2.45. The molecule has 5 nitrogen and oxygen atoms in total. The van der Waals surface area contributed by atoms with Crippen LogP contribution in [0.4, 0.5) is 0 Å². The Morgan fingerprint density at radius 3 is 2.82 bits per heavy atom. The maximum Gasteiger partial charge on any atom is 0.330 e. The van der Waals surface area contributed by atoms with E-state index in [0.717, 1.165) is 13.0 Å². The molecule has 2 heterocycles. The van der Waals surface area contributed by atoms with E-state index in [9.17, 15) is 4.79 Å². The fourth-order valence-electron chi connectivity index (χ4n) is 2.23. The molecule has 0 radical (unpaired) electrons. The number of esters is 1. The number of ether oxygens (including phenoxy) is 2. The van der Waals surface area contributed by atoms with Crippen molar-refractivity contribution in [2.75, 3.05) is 13.2 Å². The standard InChI is InChI=1S/C15H20BrClN2O3/c1-14(2,3)22-13(20)15(5-4-6-19-15)9-21-10-7-11(16)12(17)18-8-10/h7-8,19H,4-6,9H2,1-3H3/t15-/m0/s1. The minimum atomic E-state index is -0.806. The summed E-state index contributed by atoms with van der Waals surface area (Å²) < 4.78 is 11.9. The van der Waals surface area contributed by atoms with Gasteiger partial charge in [0.2, 0.25) is 0 Å². The summed E-state index contributed by atoms with van der Waals surface area (Å²) in [7, 11) is 0. The van der Waals surface area contributed by atoms with Crippen LogP contribution in [0, 0.1) is 0 Å².